The van der Waals surface area contributed by atoms with Gasteiger partial charge in [0.1, 0.15) is 0 Å². The van der Waals surface area contributed by atoms with Crippen LogP contribution in [-0.4, -0.2) is 5.91 Å². The largest absolute Gasteiger partial charge is 0.369 e. The third-order valence-electron chi connectivity index (χ3n) is 1.40. The van der Waals surface area contributed by atoms with Crippen molar-refractivity contribution in [1.29, 1.82) is 0 Å². The standard InChI is InChI=1S/C5H10N4O/c1-3(5(6)10)4-2-7-9-8-4/h2-3,7-9H,1H3,(H2,6,10). The lowest BCUT2D eigenvalue weighted by atomic mass is 10.1. The number of primary amides is 1. The molecule has 0 aliphatic carbocycles. The molecule has 0 bridgehead atoms. The number of carbonyl (C=O) groups is 1. The van der Waals surface area contributed by atoms with Gasteiger partial charge >= 0.3 is 0 Å². The fourth-order valence-corrected chi connectivity index (χ4v) is 0.645. The summed E-state index contributed by atoms with van der Waals surface area (Å²) in [5.74, 6) is -0.619. The van der Waals surface area contributed by atoms with Gasteiger partial charge in [-0.3, -0.25) is 4.79 Å². The maximum Gasteiger partial charge on any atom is 0.226 e. The van der Waals surface area contributed by atoms with E-state index in [9.17, 15) is 4.79 Å². The second-order valence-corrected chi connectivity index (χ2v) is 2.12. The van der Waals surface area contributed by atoms with Gasteiger partial charge in [0.05, 0.1) is 11.6 Å². The van der Waals surface area contributed by atoms with E-state index in [2.05, 4.69) is 16.4 Å². The van der Waals surface area contributed by atoms with Crippen molar-refractivity contribution in [2.24, 2.45) is 11.7 Å². The molecule has 0 spiro atoms. The average molecular weight is 142 g/mol. The van der Waals surface area contributed by atoms with E-state index < -0.39 is 0 Å². The number of rotatable bonds is 2. The first-order valence-corrected chi connectivity index (χ1v) is 2.97. The summed E-state index contributed by atoms with van der Waals surface area (Å²) in [5, 5.41) is 0. The molecular formula is C5H10N4O. The van der Waals surface area contributed by atoms with E-state index in [1.54, 1.807) is 13.1 Å². The molecule has 1 aliphatic heterocycles. The van der Waals surface area contributed by atoms with E-state index in [0.717, 1.165) is 5.70 Å². The van der Waals surface area contributed by atoms with E-state index in [1.165, 1.54) is 0 Å². The van der Waals surface area contributed by atoms with Crippen LogP contribution in [0.5, 0.6) is 0 Å². The minimum Gasteiger partial charge on any atom is -0.369 e. The molecule has 5 N–H and O–H groups in total. The van der Waals surface area contributed by atoms with E-state index in [1.807, 2.05) is 0 Å². The van der Waals surface area contributed by atoms with Gasteiger partial charge in [-0.05, 0) is 6.92 Å². The molecule has 1 amide bonds. The summed E-state index contributed by atoms with van der Waals surface area (Å²) in [4.78, 5) is 10.6. The first kappa shape index (κ1) is 6.88. The molecule has 1 rings (SSSR count). The SMILES string of the molecule is CC(C(N)=O)C1=CNNN1. The zero-order valence-electron chi connectivity index (χ0n) is 5.64. The van der Waals surface area contributed by atoms with Gasteiger partial charge in [0.25, 0.3) is 0 Å². The maximum absolute atomic E-state index is 10.6. The number of carbonyl (C=O) groups excluding carboxylic acids is 1. The Morgan fingerprint density at radius 1 is 1.80 bits per heavy atom. The Bertz CT molecular complexity index is 176. The van der Waals surface area contributed by atoms with E-state index in [-0.39, 0.29) is 11.8 Å². The number of nitrogens with two attached hydrogens (primary N) is 1. The highest BCUT2D eigenvalue weighted by Crippen LogP contribution is 2.05. The van der Waals surface area contributed by atoms with Crippen LogP contribution in [-0.2, 0) is 4.79 Å². The fourth-order valence-electron chi connectivity index (χ4n) is 0.645. The summed E-state index contributed by atoms with van der Waals surface area (Å²) in [6.45, 7) is 1.73. The smallest absolute Gasteiger partial charge is 0.226 e. The number of hydrogen-bond acceptors (Lipinski definition) is 4. The zero-order chi connectivity index (χ0) is 7.56. The molecule has 0 radical (unpaired) electrons. The molecule has 56 valence electrons. The third-order valence-corrected chi connectivity index (χ3v) is 1.40. The van der Waals surface area contributed by atoms with Gasteiger partial charge in [-0.2, -0.15) is 5.53 Å². The van der Waals surface area contributed by atoms with Crippen LogP contribution in [0.4, 0.5) is 0 Å². The molecule has 10 heavy (non-hydrogen) atoms. The van der Waals surface area contributed by atoms with Gasteiger partial charge < -0.3 is 16.6 Å². The van der Waals surface area contributed by atoms with Gasteiger partial charge in [0.2, 0.25) is 5.91 Å². The van der Waals surface area contributed by atoms with Crippen molar-refractivity contribution in [1.82, 2.24) is 16.4 Å². The predicted octanol–water partition coefficient (Wildman–Crippen LogP) is -1.44. The van der Waals surface area contributed by atoms with Gasteiger partial charge in [0.15, 0.2) is 0 Å². The van der Waals surface area contributed by atoms with Crippen LogP contribution >= 0.6 is 0 Å². The lowest BCUT2D eigenvalue weighted by Gasteiger charge is -2.06. The number of hydrazine groups is 2. The molecule has 1 atom stereocenters. The highest BCUT2D eigenvalue weighted by Gasteiger charge is 2.16. The first-order chi connectivity index (χ1) is 4.72. The quantitative estimate of drug-likeness (QED) is 0.381. The Labute approximate surface area is 58.6 Å². The lowest BCUT2D eigenvalue weighted by Crippen LogP contribution is -2.35. The van der Waals surface area contributed by atoms with Crippen LogP contribution in [0.15, 0.2) is 11.9 Å². The summed E-state index contributed by atoms with van der Waals surface area (Å²) >= 11 is 0. The fraction of sp³-hybridized carbons (Fsp3) is 0.400. The molecule has 5 nitrogen and oxygen atoms in total. The monoisotopic (exact) mass is 142 g/mol. The van der Waals surface area contributed by atoms with Crippen LogP contribution < -0.4 is 22.1 Å². The Hall–Kier alpha value is -1.23. The van der Waals surface area contributed by atoms with Crippen LogP contribution in [0.2, 0.25) is 0 Å². The van der Waals surface area contributed by atoms with Crippen molar-refractivity contribution in [2.45, 2.75) is 6.92 Å². The Balaban J connectivity index is 2.55. The second kappa shape index (κ2) is 2.57. The minimum atomic E-state index is -0.343. The third kappa shape index (κ3) is 1.19. The van der Waals surface area contributed by atoms with Gasteiger partial charge in [-0.15, -0.1) is 0 Å². The van der Waals surface area contributed by atoms with Crippen LogP contribution in [0.3, 0.4) is 0 Å². The molecule has 5 heteroatoms. The van der Waals surface area contributed by atoms with Crippen LogP contribution in [0.1, 0.15) is 6.92 Å². The van der Waals surface area contributed by atoms with Crippen molar-refractivity contribution in [3.05, 3.63) is 11.9 Å². The van der Waals surface area contributed by atoms with E-state index in [0.29, 0.717) is 0 Å². The maximum atomic E-state index is 10.6. The van der Waals surface area contributed by atoms with Crippen molar-refractivity contribution >= 4 is 5.91 Å². The molecule has 0 fully saturated rings. The van der Waals surface area contributed by atoms with Crippen LogP contribution in [0, 0.1) is 5.92 Å². The molecule has 0 saturated heterocycles. The molecule has 1 heterocycles. The van der Waals surface area contributed by atoms with Crippen LogP contribution in [0.25, 0.3) is 0 Å². The summed E-state index contributed by atoms with van der Waals surface area (Å²) in [5.41, 5.74) is 13.8. The number of amides is 1. The summed E-state index contributed by atoms with van der Waals surface area (Å²) in [6.07, 6.45) is 1.66. The molecule has 0 aromatic heterocycles. The predicted molar refractivity (Wildman–Crippen MR) is 35.8 cm³/mol. The molecule has 0 aromatic carbocycles. The molecule has 0 saturated carbocycles. The first-order valence-electron chi connectivity index (χ1n) is 2.97. The zero-order valence-corrected chi connectivity index (χ0v) is 5.64. The van der Waals surface area contributed by atoms with Crippen molar-refractivity contribution in [2.75, 3.05) is 0 Å². The highest BCUT2D eigenvalue weighted by molar-refractivity contribution is 5.79. The van der Waals surface area contributed by atoms with Crippen molar-refractivity contribution in [3.63, 3.8) is 0 Å². The lowest BCUT2D eigenvalue weighted by molar-refractivity contribution is -0.120. The number of hydrogen-bond donors (Lipinski definition) is 4. The molecular weight excluding hydrogens is 132 g/mol. The van der Waals surface area contributed by atoms with E-state index in [4.69, 9.17) is 5.73 Å². The molecule has 1 unspecified atom stereocenters. The van der Waals surface area contributed by atoms with Crippen molar-refractivity contribution in [3.8, 4) is 0 Å². The Morgan fingerprint density at radius 3 is 2.90 bits per heavy atom. The summed E-state index contributed by atoms with van der Waals surface area (Å²) in [6, 6.07) is 0. The Kier molecular flexibility index (Phi) is 1.77. The normalized spacial score (nSPS) is 18.7. The average Bonchev–Trinajstić information content (AvgIpc) is 2.36. The summed E-state index contributed by atoms with van der Waals surface area (Å²) in [7, 11) is 0. The number of nitrogens with one attached hydrogen (secondary N) is 3. The molecule has 0 aromatic rings. The minimum absolute atomic E-state index is 0.275. The topological polar surface area (TPSA) is 79.2 Å². The van der Waals surface area contributed by atoms with Gasteiger partial charge in [0, 0.05) is 6.20 Å². The van der Waals surface area contributed by atoms with Crippen molar-refractivity contribution < 1.29 is 4.79 Å². The Morgan fingerprint density at radius 2 is 2.50 bits per heavy atom. The van der Waals surface area contributed by atoms with Gasteiger partial charge in [-0.1, -0.05) is 0 Å². The van der Waals surface area contributed by atoms with Gasteiger partial charge in [-0.25, -0.2) is 0 Å². The molecule has 1 aliphatic rings. The summed E-state index contributed by atoms with van der Waals surface area (Å²) < 4.78 is 0. The second-order valence-electron chi connectivity index (χ2n) is 2.12. The highest BCUT2D eigenvalue weighted by atomic mass is 16.1. The van der Waals surface area contributed by atoms with E-state index >= 15 is 0 Å².